The molecule has 2 aromatic carbocycles. The molecule has 8 heteroatoms. The van der Waals surface area contributed by atoms with Gasteiger partial charge in [0.15, 0.2) is 6.61 Å². The summed E-state index contributed by atoms with van der Waals surface area (Å²) < 4.78 is 47.2. The van der Waals surface area contributed by atoms with Crippen LogP contribution in [0.15, 0.2) is 48.5 Å². The van der Waals surface area contributed by atoms with Crippen LogP contribution in [0.5, 0.6) is 5.75 Å². The Hall–Kier alpha value is -3.03. The number of hydrogen-bond acceptors (Lipinski definition) is 4. The fourth-order valence-electron chi connectivity index (χ4n) is 1.89. The van der Waals surface area contributed by atoms with Gasteiger partial charge < -0.3 is 14.8 Å². The Morgan fingerprint density at radius 3 is 2.12 bits per heavy atom. The standard InChI is InChI=1S/C17H14F3NO4/c1-24-16(23)11-2-8-14(9-3-11)25-10-15(22)21-13-6-4-12(5-7-13)17(18,19)20/h2-9H,10H2,1H3,(H,21,22). The predicted molar refractivity (Wildman–Crippen MR) is 83.4 cm³/mol. The highest BCUT2D eigenvalue weighted by molar-refractivity contribution is 5.92. The van der Waals surface area contributed by atoms with Gasteiger partial charge in [0.25, 0.3) is 5.91 Å². The van der Waals surface area contributed by atoms with Gasteiger partial charge in [0.05, 0.1) is 18.2 Å². The first-order chi connectivity index (χ1) is 11.8. The molecule has 0 aliphatic carbocycles. The van der Waals surface area contributed by atoms with Crippen molar-refractivity contribution in [2.75, 3.05) is 19.0 Å². The molecule has 25 heavy (non-hydrogen) atoms. The van der Waals surface area contributed by atoms with Crippen LogP contribution in [0.1, 0.15) is 15.9 Å². The molecule has 1 amide bonds. The summed E-state index contributed by atoms with van der Waals surface area (Å²) in [7, 11) is 1.26. The molecule has 0 spiro atoms. The Morgan fingerprint density at radius 1 is 1.00 bits per heavy atom. The summed E-state index contributed by atoms with van der Waals surface area (Å²) in [5, 5.41) is 2.42. The maximum Gasteiger partial charge on any atom is 0.416 e. The third-order valence-electron chi connectivity index (χ3n) is 3.14. The number of benzene rings is 2. The molecule has 0 saturated heterocycles. The van der Waals surface area contributed by atoms with Gasteiger partial charge >= 0.3 is 12.1 Å². The van der Waals surface area contributed by atoms with Crippen molar-refractivity contribution in [2.24, 2.45) is 0 Å². The molecule has 132 valence electrons. The smallest absolute Gasteiger partial charge is 0.416 e. The van der Waals surface area contributed by atoms with Crippen LogP contribution in [0.25, 0.3) is 0 Å². The number of nitrogens with one attached hydrogen (secondary N) is 1. The van der Waals surface area contributed by atoms with E-state index in [1.54, 1.807) is 0 Å². The normalized spacial score (nSPS) is 10.9. The Balaban J connectivity index is 1.87. The summed E-state index contributed by atoms with van der Waals surface area (Å²) >= 11 is 0. The van der Waals surface area contributed by atoms with Crippen LogP contribution in [-0.4, -0.2) is 25.6 Å². The van der Waals surface area contributed by atoms with E-state index in [9.17, 15) is 22.8 Å². The van der Waals surface area contributed by atoms with Crippen molar-refractivity contribution in [1.29, 1.82) is 0 Å². The van der Waals surface area contributed by atoms with Gasteiger partial charge in [0.2, 0.25) is 0 Å². The summed E-state index contributed by atoms with van der Waals surface area (Å²) in [5.41, 5.74) is -0.237. The highest BCUT2D eigenvalue weighted by atomic mass is 19.4. The lowest BCUT2D eigenvalue weighted by atomic mass is 10.2. The van der Waals surface area contributed by atoms with Crippen molar-refractivity contribution < 1.29 is 32.2 Å². The van der Waals surface area contributed by atoms with Gasteiger partial charge in [0.1, 0.15) is 5.75 Å². The number of alkyl halides is 3. The lowest BCUT2D eigenvalue weighted by Crippen LogP contribution is -2.20. The third-order valence-corrected chi connectivity index (χ3v) is 3.14. The summed E-state index contributed by atoms with van der Waals surface area (Å²) in [6, 6.07) is 10.0. The lowest BCUT2D eigenvalue weighted by Gasteiger charge is -2.10. The molecule has 0 saturated carbocycles. The quantitative estimate of drug-likeness (QED) is 0.836. The molecule has 5 nitrogen and oxygen atoms in total. The SMILES string of the molecule is COC(=O)c1ccc(OCC(=O)Nc2ccc(C(F)(F)F)cc2)cc1. The third kappa shape index (κ3) is 5.23. The molecule has 0 heterocycles. The van der Waals surface area contributed by atoms with Crippen LogP contribution >= 0.6 is 0 Å². The van der Waals surface area contributed by atoms with Crippen LogP contribution in [0.3, 0.4) is 0 Å². The first kappa shape index (κ1) is 18.3. The summed E-state index contributed by atoms with van der Waals surface area (Å²) in [6.45, 7) is -0.335. The van der Waals surface area contributed by atoms with E-state index in [1.807, 2.05) is 0 Å². The highest BCUT2D eigenvalue weighted by Crippen LogP contribution is 2.29. The number of hydrogen-bond donors (Lipinski definition) is 1. The molecule has 0 radical (unpaired) electrons. The fraction of sp³-hybridized carbons (Fsp3) is 0.176. The van der Waals surface area contributed by atoms with Gasteiger partial charge in [0, 0.05) is 5.69 Å². The molecule has 0 atom stereocenters. The van der Waals surface area contributed by atoms with Gasteiger partial charge in [-0.15, -0.1) is 0 Å². The summed E-state index contributed by atoms with van der Waals surface area (Å²) in [4.78, 5) is 23.0. The zero-order valence-electron chi connectivity index (χ0n) is 13.1. The molecule has 0 aromatic heterocycles. The number of carbonyl (C=O) groups is 2. The number of carbonyl (C=O) groups excluding carboxylic acids is 2. The van der Waals surface area contributed by atoms with Crippen molar-refractivity contribution in [3.63, 3.8) is 0 Å². The largest absolute Gasteiger partial charge is 0.484 e. The van der Waals surface area contributed by atoms with Gasteiger partial charge in [-0.05, 0) is 48.5 Å². The van der Waals surface area contributed by atoms with Crippen LogP contribution in [-0.2, 0) is 15.7 Å². The lowest BCUT2D eigenvalue weighted by molar-refractivity contribution is -0.137. The highest BCUT2D eigenvalue weighted by Gasteiger charge is 2.29. The zero-order chi connectivity index (χ0) is 18.4. The molecule has 0 unspecified atom stereocenters. The average molecular weight is 353 g/mol. The van der Waals surface area contributed by atoms with Crippen molar-refractivity contribution in [3.8, 4) is 5.75 Å². The van der Waals surface area contributed by atoms with E-state index in [4.69, 9.17) is 4.74 Å². The molecule has 2 aromatic rings. The molecule has 2 rings (SSSR count). The second kappa shape index (κ2) is 7.69. The minimum Gasteiger partial charge on any atom is -0.484 e. The van der Waals surface area contributed by atoms with Gasteiger partial charge in [-0.1, -0.05) is 0 Å². The molecular weight excluding hydrogens is 339 g/mol. The van der Waals surface area contributed by atoms with Crippen molar-refractivity contribution >= 4 is 17.6 Å². The molecule has 0 aliphatic heterocycles. The zero-order valence-corrected chi connectivity index (χ0v) is 13.1. The fourth-order valence-corrected chi connectivity index (χ4v) is 1.89. The second-order valence-corrected chi connectivity index (χ2v) is 4.93. The minimum atomic E-state index is -4.43. The number of anilines is 1. The minimum absolute atomic E-state index is 0.225. The first-order valence-corrected chi connectivity index (χ1v) is 7.08. The summed E-state index contributed by atoms with van der Waals surface area (Å²) in [5.74, 6) is -0.668. The number of esters is 1. The molecule has 0 bridgehead atoms. The molecule has 1 N–H and O–H groups in total. The second-order valence-electron chi connectivity index (χ2n) is 4.93. The van der Waals surface area contributed by atoms with E-state index >= 15 is 0 Å². The van der Waals surface area contributed by atoms with Gasteiger partial charge in [-0.25, -0.2) is 4.79 Å². The molecule has 0 aliphatic rings. The van der Waals surface area contributed by atoms with E-state index in [0.29, 0.717) is 11.3 Å². The number of halogens is 3. The molecular formula is C17H14F3NO4. The van der Waals surface area contributed by atoms with E-state index in [2.05, 4.69) is 10.1 Å². The Labute approximate surface area is 141 Å². The van der Waals surface area contributed by atoms with Crippen LogP contribution in [0.4, 0.5) is 18.9 Å². The number of ether oxygens (including phenoxy) is 2. The van der Waals surface area contributed by atoms with Gasteiger partial charge in [-0.2, -0.15) is 13.2 Å². The van der Waals surface area contributed by atoms with E-state index in [1.165, 1.54) is 31.4 Å². The maximum absolute atomic E-state index is 12.5. The Morgan fingerprint density at radius 2 is 1.60 bits per heavy atom. The van der Waals surface area contributed by atoms with Gasteiger partial charge in [-0.3, -0.25) is 4.79 Å². The van der Waals surface area contributed by atoms with Crippen molar-refractivity contribution in [3.05, 3.63) is 59.7 Å². The van der Waals surface area contributed by atoms with E-state index in [-0.39, 0.29) is 12.3 Å². The molecule has 0 fully saturated rings. The average Bonchev–Trinajstić information content (AvgIpc) is 2.59. The Kier molecular flexibility index (Phi) is 5.63. The number of methoxy groups -OCH3 is 1. The topological polar surface area (TPSA) is 64.6 Å². The van der Waals surface area contributed by atoms with Crippen LogP contribution in [0.2, 0.25) is 0 Å². The number of rotatable bonds is 5. The Bertz CT molecular complexity index is 740. The van der Waals surface area contributed by atoms with E-state index in [0.717, 1.165) is 24.3 Å². The van der Waals surface area contributed by atoms with E-state index < -0.39 is 23.6 Å². The summed E-state index contributed by atoms with van der Waals surface area (Å²) in [6.07, 6.45) is -4.43. The van der Waals surface area contributed by atoms with Crippen LogP contribution < -0.4 is 10.1 Å². The first-order valence-electron chi connectivity index (χ1n) is 7.08. The predicted octanol–water partition coefficient (Wildman–Crippen LogP) is 3.51. The number of amides is 1. The maximum atomic E-state index is 12.5. The monoisotopic (exact) mass is 353 g/mol. The van der Waals surface area contributed by atoms with Crippen LogP contribution in [0, 0.1) is 0 Å². The van der Waals surface area contributed by atoms with Crippen molar-refractivity contribution in [1.82, 2.24) is 0 Å². The van der Waals surface area contributed by atoms with Crippen molar-refractivity contribution in [2.45, 2.75) is 6.18 Å².